The van der Waals surface area contributed by atoms with E-state index in [9.17, 15) is 8.42 Å². The van der Waals surface area contributed by atoms with Gasteiger partial charge in [0.1, 0.15) is 6.04 Å². The summed E-state index contributed by atoms with van der Waals surface area (Å²) in [6.45, 7) is 0.610. The Hall–Kier alpha value is -2.88. The second kappa shape index (κ2) is 7.86. The van der Waals surface area contributed by atoms with Gasteiger partial charge >= 0.3 is 0 Å². The number of hydrogen-bond donors (Lipinski definition) is 2. The van der Waals surface area contributed by atoms with Crippen LogP contribution in [0.4, 0.5) is 5.69 Å². The Labute approximate surface area is 172 Å². The molecule has 0 aliphatic carbocycles. The Balaban J connectivity index is 1.47. The van der Waals surface area contributed by atoms with E-state index in [1.54, 1.807) is 18.3 Å². The van der Waals surface area contributed by atoms with Crippen LogP contribution in [-0.2, 0) is 10.0 Å². The first-order valence-electron chi connectivity index (χ1n) is 8.81. The van der Waals surface area contributed by atoms with Gasteiger partial charge in [-0.25, -0.2) is 13.6 Å². The van der Waals surface area contributed by atoms with Crippen LogP contribution in [-0.4, -0.2) is 31.7 Å². The van der Waals surface area contributed by atoms with E-state index < -0.39 is 10.0 Å². The molecule has 8 nitrogen and oxygen atoms in total. The fourth-order valence-corrected chi connectivity index (χ4v) is 3.88. The summed E-state index contributed by atoms with van der Waals surface area (Å²) < 4.78 is 23.2. The number of pyridine rings is 1. The standard InChI is InChI=1S/C19H17ClN6O2S/c20-13-4-5-15-16(6-8-23-18(15)11-13)22-9-7-17-19(25-26-24-17)12-2-1-3-14(10-12)29(21,27)28/h1-6,8,10-11,17H,7,9H2,(H,22,23)(H2,21,27,28). The van der Waals surface area contributed by atoms with Gasteiger partial charge < -0.3 is 5.32 Å². The van der Waals surface area contributed by atoms with Crippen LogP contribution in [0.5, 0.6) is 0 Å². The van der Waals surface area contributed by atoms with Crippen molar-refractivity contribution < 1.29 is 8.42 Å². The van der Waals surface area contributed by atoms with E-state index >= 15 is 0 Å². The van der Waals surface area contributed by atoms with Gasteiger partial charge in [-0.05, 0) is 48.0 Å². The Morgan fingerprint density at radius 3 is 2.83 bits per heavy atom. The molecule has 3 aromatic rings. The van der Waals surface area contributed by atoms with Crippen molar-refractivity contribution >= 4 is 43.9 Å². The van der Waals surface area contributed by atoms with Gasteiger partial charge in [0.15, 0.2) is 0 Å². The number of nitrogens with zero attached hydrogens (tertiary/aromatic N) is 4. The minimum Gasteiger partial charge on any atom is -0.384 e. The third-order valence-corrected chi connectivity index (χ3v) is 5.70. The molecule has 0 saturated heterocycles. The number of nitrogens with two attached hydrogens (primary N) is 1. The summed E-state index contributed by atoms with van der Waals surface area (Å²) in [5.41, 5.74) is 3.00. The van der Waals surface area contributed by atoms with E-state index in [1.165, 1.54) is 12.1 Å². The molecule has 148 valence electrons. The molecule has 3 N–H and O–H groups in total. The fraction of sp³-hybridized carbons (Fsp3) is 0.158. The smallest absolute Gasteiger partial charge is 0.238 e. The number of hydrogen-bond acceptors (Lipinski definition) is 7. The number of fused-ring (bicyclic) bond motifs is 1. The summed E-state index contributed by atoms with van der Waals surface area (Å²) in [4.78, 5) is 4.36. The maximum Gasteiger partial charge on any atom is 0.238 e. The summed E-state index contributed by atoms with van der Waals surface area (Å²) in [5, 5.41) is 22.2. The number of nitrogens with one attached hydrogen (secondary N) is 1. The number of halogens is 1. The van der Waals surface area contributed by atoms with Gasteiger partial charge in [0, 0.05) is 34.4 Å². The molecule has 29 heavy (non-hydrogen) atoms. The molecule has 1 unspecified atom stereocenters. The molecule has 1 atom stereocenters. The lowest BCUT2D eigenvalue weighted by atomic mass is 10.0. The van der Waals surface area contributed by atoms with Gasteiger partial charge in [-0.1, -0.05) is 23.7 Å². The Bertz CT molecular complexity index is 1240. The van der Waals surface area contributed by atoms with Crippen molar-refractivity contribution in [3.8, 4) is 0 Å². The minimum atomic E-state index is -3.79. The molecule has 1 aliphatic rings. The molecule has 0 saturated carbocycles. The molecule has 0 spiro atoms. The van der Waals surface area contributed by atoms with E-state index in [2.05, 4.69) is 25.7 Å². The Morgan fingerprint density at radius 1 is 1.14 bits per heavy atom. The van der Waals surface area contributed by atoms with E-state index in [4.69, 9.17) is 16.7 Å². The van der Waals surface area contributed by atoms with Gasteiger partial charge in [-0.15, -0.1) is 5.10 Å². The van der Waals surface area contributed by atoms with E-state index in [-0.39, 0.29) is 10.9 Å². The Kier molecular flexibility index (Phi) is 5.27. The van der Waals surface area contributed by atoms with E-state index in [1.807, 2.05) is 24.3 Å². The lowest BCUT2D eigenvalue weighted by Crippen LogP contribution is -2.21. The normalized spacial score (nSPS) is 16.2. The molecular weight excluding hydrogens is 412 g/mol. The van der Waals surface area contributed by atoms with E-state index in [0.717, 1.165) is 16.6 Å². The van der Waals surface area contributed by atoms with Crippen LogP contribution in [0.15, 0.2) is 75.1 Å². The summed E-state index contributed by atoms with van der Waals surface area (Å²) in [6.07, 6.45) is 2.35. The van der Waals surface area contributed by atoms with Crippen LogP contribution in [0.25, 0.3) is 10.9 Å². The topological polar surface area (TPSA) is 122 Å². The third kappa shape index (κ3) is 4.26. The van der Waals surface area contributed by atoms with Crippen LogP contribution >= 0.6 is 11.6 Å². The number of sulfonamides is 1. The first-order chi connectivity index (χ1) is 13.9. The molecule has 0 radical (unpaired) electrons. The monoisotopic (exact) mass is 428 g/mol. The van der Waals surface area contributed by atoms with Gasteiger partial charge in [-0.3, -0.25) is 4.98 Å². The predicted molar refractivity (Wildman–Crippen MR) is 113 cm³/mol. The molecule has 1 aromatic heterocycles. The van der Waals surface area contributed by atoms with Crippen LogP contribution in [0, 0.1) is 0 Å². The Morgan fingerprint density at radius 2 is 2.00 bits per heavy atom. The van der Waals surface area contributed by atoms with Crippen LogP contribution in [0.3, 0.4) is 0 Å². The van der Waals surface area contributed by atoms with E-state index in [0.29, 0.717) is 29.3 Å². The summed E-state index contributed by atoms with van der Waals surface area (Å²) in [5.74, 6) is 0. The minimum absolute atomic E-state index is 0.0309. The highest BCUT2D eigenvalue weighted by molar-refractivity contribution is 7.89. The summed E-state index contributed by atoms with van der Waals surface area (Å²) in [7, 11) is -3.79. The second-order valence-corrected chi connectivity index (χ2v) is 8.51. The molecule has 0 fully saturated rings. The maximum absolute atomic E-state index is 11.6. The first-order valence-corrected chi connectivity index (χ1v) is 10.7. The van der Waals surface area contributed by atoms with Gasteiger partial charge in [0.05, 0.1) is 16.1 Å². The zero-order chi connectivity index (χ0) is 20.4. The van der Waals surface area contributed by atoms with Crippen molar-refractivity contribution in [1.29, 1.82) is 0 Å². The van der Waals surface area contributed by atoms with Crippen LogP contribution < -0.4 is 10.5 Å². The lowest BCUT2D eigenvalue weighted by Gasteiger charge is -2.13. The molecular formula is C19H17ClN6O2S. The predicted octanol–water partition coefficient (Wildman–Crippen LogP) is 3.58. The molecule has 4 rings (SSSR count). The highest BCUT2D eigenvalue weighted by atomic mass is 35.5. The quantitative estimate of drug-likeness (QED) is 0.622. The zero-order valence-corrected chi connectivity index (χ0v) is 16.7. The average Bonchev–Trinajstić information content (AvgIpc) is 3.16. The van der Waals surface area contributed by atoms with Gasteiger partial charge in [0.25, 0.3) is 0 Å². The van der Waals surface area contributed by atoms with Crippen molar-refractivity contribution in [1.82, 2.24) is 4.98 Å². The average molecular weight is 429 g/mol. The number of aromatic nitrogens is 1. The zero-order valence-electron chi connectivity index (χ0n) is 15.2. The maximum atomic E-state index is 11.6. The number of anilines is 1. The van der Waals surface area contributed by atoms with Crippen molar-refractivity contribution in [2.75, 3.05) is 11.9 Å². The highest BCUT2D eigenvalue weighted by Gasteiger charge is 2.23. The van der Waals surface area contributed by atoms with Gasteiger partial charge in [0.2, 0.25) is 10.0 Å². The molecule has 0 amide bonds. The largest absolute Gasteiger partial charge is 0.384 e. The fourth-order valence-electron chi connectivity index (χ4n) is 3.15. The van der Waals surface area contributed by atoms with Crippen LogP contribution in [0.2, 0.25) is 5.02 Å². The highest BCUT2D eigenvalue weighted by Crippen LogP contribution is 2.25. The van der Waals surface area contributed by atoms with Crippen LogP contribution in [0.1, 0.15) is 12.0 Å². The number of rotatable bonds is 6. The molecule has 0 bridgehead atoms. The molecule has 1 aliphatic heterocycles. The number of primary sulfonamides is 1. The van der Waals surface area contributed by atoms with Crippen molar-refractivity contribution in [2.45, 2.75) is 17.4 Å². The number of benzene rings is 2. The molecule has 10 heteroatoms. The summed E-state index contributed by atoms with van der Waals surface area (Å²) in [6, 6.07) is 13.5. The van der Waals surface area contributed by atoms with Crippen molar-refractivity contribution in [3.05, 3.63) is 65.3 Å². The van der Waals surface area contributed by atoms with Crippen molar-refractivity contribution in [2.24, 2.45) is 20.6 Å². The molecule has 2 heterocycles. The van der Waals surface area contributed by atoms with Crippen molar-refractivity contribution in [3.63, 3.8) is 0 Å². The first kappa shape index (κ1) is 19.4. The molecule has 2 aromatic carbocycles. The third-order valence-electron chi connectivity index (χ3n) is 4.56. The van der Waals surface area contributed by atoms with Gasteiger partial charge in [-0.2, -0.15) is 5.11 Å². The summed E-state index contributed by atoms with van der Waals surface area (Å²) >= 11 is 6.03. The second-order valence-electron chi connectivity index (χ2n) is 6.51. The SMILES string of the molecule is NS(=O)(=O)c1cccc(C2=NN=NC2CCNc2ccnc3cc(Cl)ccc23)c1. The lowest BCUT2D eigenvalue weighted by molar-refractivity contribution is 0.598.